The van der Waals surface area contributed by atoms with Crippen LogP contribution in [0.1, 0.15) is 49.7 Å². The maximum atomic E-state index is 11.5. The fourth-order valence-electron chi connectivity index (χ4n) is 1.54. The predicted molar refractivity (Wildman–Crippen MR) is 68.8 cm³/mol. The van der Waals surface area contributed by atoms with Crippen LogP contribution in [0, 0.1) is 5.41 Å². The van der Waals surface area contributed by atoms with Crippen molar-refractivity contribution in [2.75, 3.05) is 6.61 Å². The minimum Gasteiger partial charge on any atom is -0.462 e. The molecule has 3 nitrogen and oxygen atoms in total. The summed E-state index contributed by atoms with van der Waals surface area (Å²) in [4.78, 5) is 11.5. The molecule has 0 aliphatic carbocycles. The maximum Gasteiger partial charge on any atom is 0.338 e. The van der Waals surface area contributed by atoms with Crippen LogP contribution in [-0.4, -0.2) is 12.6 Å². The molecule has 1 aromatic rings. The second kappa shape index (κ2) is 5.32. The average Bonchev–Trinajstić information content (AvgIpc) is 2.27. The topological polar surface area (TPSA) is 52.3 Å². The first-order chi connectivity index (χ1) is 7.86. The molecule has 0 fully saturated rings. The lowest BCUT2D eigenvalue weighted by molar-refractivity contribution is 0.0526. The molecule has 0 saturated heterocycles. The zero-order valence-corrected chi connectivity index (χ0v) is 11.0. The van der Waals surface area contributed by atoms with Crippen molar-refractivity contribution >= 4 is 5.97 Å². The van der Waals surface area contributed by atoms with Crippen LogP contribution in [0.2, 0.25) is 0 Å². The van der Waals surface area contributed by atoms with E-state index in [1.54, 1.807) is 19.1 Å². The van der Waals surface area contributed by atoms with Gasteiger partial charge in [-0.1, -0.05) is 32.9 Å². The summed E-state index contributed by atoms with van der Waals surface area (Å²) in [6.45, 7) is 8.47. The Balaban J connectivity index is 2.85. The highest BCUT2D eigenvalue weighted by Crippen LogP contribution is 2.30. The standard InChI is InChI=1S/C14H21NO2/c1-5-17-13(16)11-8-6-10(7-9-11)12(15)14(2,3)4/h6-9,12H,5,15H2,1-4H3. The molecule has 1 rings (SSSR count). The highest BCUT2D eigenvalue weighted by Gasteiger charge is 2.22. The van der Waals surface area contributed by atoms with Crippen LogP contribution in [0.25, 0.3) is 0 Å². The number of hydrogen-bond donors (Lipinski definition) is 1. The summed E-state index contributed by atoms with van der Waals surface area (Å²) < 4.78 is 4.93. The minimum absolute atomic E-state index is 0.00540. The first-order valence-electron chi connectivity index (χ1n) is 5.89. The van der Waals surface area contributed by atoms with Crippen molar-refractivity contribution < 1.29 is 9.53 Å². The van der Waals surface area contributed by atoms with E-state index in [-0.39, 0.29) is 17.4 Å². The normalized spacial score (nSPS) is 13.2. The van der Waals surface area contributed by atoms with Crippen LogP contribution in [0.5, 0.6) is 0 Å². The van der Waals surface area contributed by atoms with Gasteiger partial charge in [-0.2, -0.15) is 0 Å². The van der Waals surface area contributed by atoms with Crippen LogP contribution >= 0.6 is 0 Å². The lowest BCUT2D eigenvalue weighted by Crippen LogP contribution is -2.26. The lowest BCUT2D eigenvalue weighted by Gasteiger charge is -2.27. The molecule has 0 aliphatic heterocycles. The summed E-state index contributed by atoms with van der Waals surface area (Å²) in [7, 11) is 0. The van der Waals surface area contributed by atoms with E-state index in [1.807, 2.05) is 12.1 Å². The van der Waals surface area contributed by atoms with Crippen molar-refractivity contribution in [3.05, 3.63) is 35.4 Å². The molecule has 0 heterocycles. The SMILES string of the molecule is CCOC(=O)c1ccc(C(N)C(C)(C)C)cc1. The first-order valence-corrected chi connectivity index (χ1v) is 5.89. The number of ether oxygens (including phenoxy) is 1. The summed E-state index contributed by atoms with van der Waals surface area (Å²) in [6, 6.07) is 7.26. The third-order valence-electron chi connectivity index (χ3n) is 2.71. The van der Waals surface area contributed by atoms with Crippen LogP contribution in [0.3, 0.4) is 0 Å². The third kappa shape index (κ3) is 3.56. The van der Waals surface area contributed by atoms with Gasteiger partial charge in [0.2, 0.25) is 0 Å². The highest BCUT2D eigenvalue weighted by atomic mass is 16.5. The largest absolute Gasteiger partial charge is 0.462 e. The fourth-order valence-corrected chi connectivity index (χ4v) is 1.54. The van der Waals surface area contributed by atoms with Gasteiger partial charge < -0.3 is 10.5 Å². The Hall–Kier alpha value is -1.35. The van der Waals surface area contributed by atoms with Crippen molar-refractivity contribution in [2.45, 2.75) is 33.7 Å². The smallest absolute Gasteiger partial charge is 0.338 e. The molecule has 1 aromatic carbocycles. The Morgan fingerprint density at radius 2 is 1.82 bits per heavy atom. The summed E-state index contributed by atoms with van der Waals surface area (Å²) >= 11 is 0. The van der Waals surface area contributed by atoms with E-state index in [9.17, 15) is 4.79 Å². The second-order valence-electron chi connectivity index (χ2n) is 5.19. The van der Waals surface area contributed by atoms with Gasteiger partial charge in [0.25, 0.3) is 0 Å². The number of esters is 1. The van der Waals surface area contributed by atoms with E-state index >= 15 is 0 Å². The van der Waals surface area contributed by atoms with Crippen molar-refractivity contribution in [3.63, 3.8) is 0 Å². The number of nitrogens with two attached hydrogens (primary N) is 1. The van der Waals surface area contributed by atoms with Crippen molar-refractivity contribution in [2.24, 2.45) is 11.1 Å². The molecule has 0 aromatic heterocycles. The molecule has 3 heteroatoms. The van der Waals surface area contributed by atoms with E-state index in [4.69, 9.17) is 10.5 Å². The quantitative estimate of drug-likeness (QED) is 0.819. The molecule has 0 bridgehead atoms. The van der Waals surface area contributed by atoms with Crippen molar-refractivity contribution in [1.82, 2.24) is 0 Å². The number of rotatable bonds is 3. The van der Waals surface area contributed by atoms with Crippen LogP contribution < -0.4 is 5.73 Å². The fraction of sp³-hybridized carbons (Fsp3) is 0.500. The van der Waals surface area contributed by atoms with Gasteiger partial charge in [0.05, 0.1) is 12.2 Å². The van der Waals surface area contributed by atoms with Gasteiger partial charge in [-0.3, -0.25) is 0 Å². The third-order valence-corrected chi connectivity index (χ3v) is 2.71. The first kappa shape index (κ1) is 13.7. The molecule has 0 saturated carbocycles. The van der Waals surface area contributed by atoms with Crippen LogP contribution in [-0.2, 0) is 4.74 Å². The second-order valence-corrected chi connectivity index (χ2v) is 5.19. The maximum absolute atomic E-state index is 11.5. The zero-order chi connectivity index (χ0) is 13.1. The van der Waals surface area contributed by atoms with Crippen LogP contribution in [0.4, 0.5) is 0 Å². The Kier molecular flexibility index (Phi) is 4.29. The minimum atomic E-state index is -0.289. The molecular weight excluding hydrogens is 214 g/mol. The van der Waals surface area contributed by atoms with E-state index in [1.165, 1.54) is 0 Å². The monoisotopic (exact) mass is 235 g/mol. The Bertz CT molecular complexity index is 376. The van der Waals surface area contributed by atoms with Gasteiger partial charge in [0, 0.05) is 6.04 Å². The van der Waals surface area contributed by atoms with Gasteiger partial charge in [-0.25, -0.2) is 4.79 Å². The highest BCUT2D eigenvalue weighted by molar-refractivity contribution is 5.89. The molecule has 0 radical (unpaired) electrons. The molecular formula is C14H21NO2. The summed E-state index contributed by atoms with van der Waals surface area (Å²) in [6.07, 6.45) is 0. The number of carbonyl (C=O) groups excluding carboxylic acids is 1. The van der Waals surface area contributed by atoms with Crippen molar-refractivity contribution in [1.29, 1.82) is 0 Å². The lowest BCUT2D eigenvalue weighted by atomic mass is 9.83. The van der Waals surface area contributed by atoms with Gasteiger partial charge in [0.1, 0.15) is 0 Å². The summed E-state index contributed by atoms with van der Waals surface area (Å²) in [5.74, 6) is -0.289. The Labute approximate surface area is 103 Å². The number of hydrogen-bond acceptors (Lipinski definition) is 3. The average molecular weight is 235 g/mol. The molecule has 0 aliphatic rings. The van der Waals surface area contributed by atoms with Crippen molar-refractivity contribution in [3.8, 4) is 0 Å². The zero-order valence-electron chi connectivity index (χ0n) is 11.0. The van der Waals surface area contributed by atoms with Gasteiger partial charge in [-0.15, -0.1) is 0 Å². The molecule has 2 N–H and O–H groups in total. The van der Waals surface area contributed by atoms with E-state index < -0.39 is 0 Å². The number of benzene rings is 1. The molecule has 1 unspecified atom stereocenters. The molecule has 94 valence electrons. The molecule has 1 atom stereocenters. The Morgan fingerprint density at radius 1 is 1.29 bits per heavy atom. The molecule has 0 spiro atoms. The van der Waals surface area contributed by atoms with E-state index in [0.717, 1.165) is 5.56 Å². The van der Waals surface area contributed by atoms with Gasteiger partial charge >= 0.3 is 5.97 Å². The summed E-state index contributed by atoms with van der Waals surface area (Å²) in [5.41, 5.74) is 7.75. The summed E-state index contributed by atoms with van der Waals surface area (Å²) in [5, 5.41) is 0. The number of carbonyl (C=O) groups is 1. The van der Waals surface area contributed by atoms with Gasteiger partial charge in [-0.05, 0) is 30.0 Å². The molecule has 17 heavy (non-hydrogen) atoms. The molecule has 0 amide bonds. The van der Waals surface area contributed by atoms with E-state index in [2.05, 4.69) is 20.8 Å². The van der Waals surface area contributed by atoms with E-state index in [0.29, 0.717) is 12.2 Å². The Morgan fingerprint density at radius 3 is 2.24 bits per heavy atom. The van der Waals surface area contributed by atoms with Crippen LogP contribution in [0.15, 0.2) is 24.3 Å². The van der Waals surface area contributed by atoms with Gasteiger partial charge in [0.15, 0.2) is 0 Å². The predicted octanol–water partition coefficient (Wildman–Crippen LogP) is 2.91.